The van der Waals surface area contributed by atoms with E-state index in [2.05, 4.69) is 42.9 Å². The summed E-state index contributed by atoms with van der Waals surface area (Å²) in [6.07, 6.45) is 5.20. The molecule has 0 bridgehead atoms. The third-order valence-electron chi connectivity index (χ3n) is 2.22. The third-order valence-corrected chi connectivity index (χ3v) is 3.15. The molecule has 2 nitrogen and oxygen atoms in total. The van der Waals surface area contributed by atoms with E-state index in [0.29, 0.717) is 19.4 Å². The SMILES string of the molecule is CCC(=O)OCCC#CCCCCC#C[Si](C)(C)C. The van der Waals surface area contributed by atoms with Gasteiger partial charge in [0.25, 0.3) is 0 Å². The van der Waals surface area contributed by atoms with E-state index < -0.39 is 8.07 Å². The van der Waals surface area contributed by atoms with Crippen LogP contribution in [0.25, 0.3) is 0 Å². The average Bonchev–Trinajstić information content (AvgIpc) is 2.34. The highest BCUT2D eigenvalue weighted by molar-refractivity contribution is 6.83. The normalized spacial score (nSPS) is 9.89. The summed E-state index contributed by atoms with van der Waals surface area (Å²) >= 11 is 0. The highest BCUT2D eigenvalue weighted by Crippen LogP contribution is 2.00. The Hall–Kier alpha value is -1.19. The summed E-state index contributed by atoms with van der Waals surface area (Å²) in [6.45, 7) is 8.99. The molecule has 0 saturated heterocycles. The molecule has 0 aromatic rings. The molecule has 19 heavy (non-hydrogen) atoms. The Morgan fingerprint density at radius 3 is 2.16 bits per heavy atom. The number of carbonyl (C=O) groups is 1. The zero-order valence-corrected chi connectivity index (χ0v) is 13.8. The van der Waals surface area contributed by atoms with Gasteiger partial charge in [-0.2, -0.15) is 0 Å². The lowest BCUT2D eigenvalue weighted by Gasteiger charge is -2.02. The summed E-state index contributed by atoms with van der Waals surface area (Å²) in [4.78, 5) is 10.8. The summed E-state index contributed by atoms with van der Waals surface area (Å²) in [5, 5.41) is 0. The smallest absolute Gasteiger partial charge is 0.305 e. The third kappa shape index (κ3) is 14.7. The van der Waals surface area contributed by atoms with Crippen molar-refractivity contribution in [1.29, 1.82) is 0 Å². The van der Waals surface area contributed by atoms with Crippen LogP contribution in [-0.2, 0) is 9.53 Å². The highest BCUT2D eigenvalue weighted by atomic mass is 28.3. The lowest BCUT2D eigenvalue weighted by Crippen LogP contribution is -2.16. The molecule has 0 spiro atoms. The van der Waals surface area contributed by atoms with E-state index in [-0.39, 0.29) is 5.97 Å². The molecule has 0 fully saturated rings. The van der Waals surface area contributed by atoms with Crippen LogP contribution >= 0.6 is 0 Å². The topological polar surface area (TPSA) is 26.3 Å². The molecule has 0 unspecified atom stereocenters. The Kier molecular flexibility index (Phi) is 10.0. The minimum Gasteiger partial charge on any atom is -0.465 e. The van der Waals surface area contributed by atoms with Gasteiger partial charge in [-0.3, -0.25) is 4.79 Å². The minimum atomic E-state index is -1.19. The highest BCUT2D eigenvalue weighted by Gasteiger charge is 2.06. The van der Waals surface area contributed by atoms with Gasteiger partial charge in [0.2, 0.25) is 0 Å². The monoisotopic (exact) mass is 278 g/mol. The first-order valence-electron chi connectivity index (χ1n) is 7.07. The fraction of sp³-hybridized carbons (Fsp3) is 0.688. The second-order valence-electron chi connectivity index (χ2n) is 5.44. The number of esters is 1. The van der Waals surface area contributed by atoms with Crippen LogP contribution in [0.3, 0.4) is 0 Å². The van der Waals surface area contributed by atoms with E-state index in [1.54, 1.807) is 6.92 Å². The van der Waals surface area contributed by atoms with Gasteiger partial charge in [0, 0.05) is 25.7 Å². The summed E-state index contributed by atoms with van der Waals surface area (Å²) in [7, 11) is -1.19. The van der Waals surface area contributed by atoms with Gasteiger partial charge in [-0.15, -0.1) is 17.4 Å². The van der Waals surface area contributed by atoms with Crippen molar-refractivity contribution in [2.24, 2.45) is 0 Å². The molecule has 0 atom stereocenters. The zero-order valence-electron chi connectivity index (χ0n) is 12.8. The first-order chi connectivity index (χ1) is 8.95. The number of carbonyl (C=O) groups excluding carboxylic acids is 1. The molecule has 0 aliphatic heterocycles. The van der Waals surface area contributed by atoms with Gasteiger partial charge >= 0.3 is 5.97 Å². The van der Waals surface area contributed by atoms with Gasteiger partial charge in [0.15, 0.2) is 0 Å². The van der Waals surface area contributed by atoms with E-state index in [1.165, 1.54) is 0 Å². The fourth-order valence-corrected chi connectivity index (χ4v) is 1.90. The predicted octanol–water partition coefficient (Wildman–Crippen LogP) is 3.77. The first-order valence-corrected chi connectivity index (χ1v) is 10.6. The molecule has 0 amide bonds. The number of ether oxygens (including phenoxy) is 1. The van der Waals surface area contributed by atoms with Crippen molar-refractivity contribution in [1.82, 2.24) is 0 Å². The van der Waals surface area contributed by atoms with Crippen molar-refractivity contribution in [2.75, 3.05) is 6.61 Å². The summed E-state index contributed by atoms with van der Waals surface area (Å²) < 4.78 is 4.93. The van der Waals surface area contributed by atoms with Gasteiger partial charge in [-0.05, 0) is 12.8 Å². The molecule has 0 aromatic heterocycles. The van der Waals surface area contributed by atoms with E-state index in [1.807, 2.05) is 0 Å². The Bertz CT molecular complexity index is 372. The van der Waals surface area contributed by atoms with Crippen molar-refractivity contribution in [3.8, 4) is 23.3 Å². The van der Waals surface area contributed by atoms with Crippen molar-refractivity contribution in [2.45, 2.75) is 65.1 Å². The van der Waals surface area contributed by atoms with Crippen LogP contribution in [0.5, 0.6) is 0 Å². The van der Waals surface area contributed by atoms with Gasteiger partial charge < -0.3 is 4.74 Å². The Labute approximate surface area is 119 Å². The summed E-state index contributed by atoms with van der Waals surface area (Å²) in [5.74, 6) is 9.24. The molecule has 0 rings (SSSR count). The quantitative estimate of drug-likeness (QED) is 0.320. The average molecular weight is 278 g/mol. The van der Waals surface area contributed by atoms with Crippen molar-refractivity contribution >= 4 is 14.0 Å². The van der Waals surface area contributed by atoms with E-state index in [9.17, 15) is 4.79 Å². The van der Waals surface area contributed by atoms with Crippen LogP contribution in [0.4, 0.5) is 0 Å². The maximum absolute atomic E-state index is 10.8. The number of unbranched alkanes of at least 4 members (excludes halogenated alkanes) is 3. The Morgan fingerprint density at radius 2 is 1.58 bits per heavy atom. The molecule has 106 valence electrons. The Balaban J connectivity index is 3.45. The lowest BCUT2D eigenvalue weighted by molar-refractivity contribution is -0.143. The van der Waals surface area contributed by atoms with Gasteiger partial charge in [0.05, 0.1) is 0 Å². The molecule has 0 aliphatic carbocycles. The minimum absolute atomic E-state index is 0.150. The maximum Gasteiger partial charge on any atom is 0.305 e. The lowest BCUT2D eigenvalue weighted by atomic mass is 10.2. The van der Waals surface area contributed by atoms with Gasteiger partial charge in [-0.1, -0.05) is 32.5 Å². The van der Waals surface area contributed by atoms with Crippen LogP contribution in [0.15, 0.2) is 0 Å². The second kappa shape index (κ2) is 10.7. The zero-order chi connectivity index (χ0) is 14.6. The second-order valence-corrected chi connectivity index (χ2v) is 10.2. The molecule has 0 aliphatic rings. The van der Waals surface area contributed by atoms with E-state index in [0.717, 1.165) is 25.7 Å². The van der Waals surface area contributed by atoms with Gasteiger partial charge in [0.1, 0.15) is 14.7 Å². The van der Waals surface area contributed by atoms with E-state index in [4.69, 9.17) is 4.74 Å². The molecule has 3 heteroatoms. The fourth-order valence-electron chi connectivity index (χ4n) is 1.25. The first kappa shape index (κ1) is 17.8. The molecule has 0 aromatic carbocycles. The molecule has 0 radical (unpaired) electrons. The number of rotatable bonds is 6. The van der Waals surface area contributed by atoms with Crippen molar-refractivity contribution in [3.05, 3.63) is 0 Å². The predicted molar refractivity (Wildman–Crippen MR) is 83.2 cm³/mol. The standard InChI is InChI=1S/C16H26O2Si/c1-5-16(17)18-14-12-10-8-6-7-9-11-13-15-19(2,3)4/h5-7,9,11-12,14H2,1-4H3. The maximum atomic E-state index is 10.8. The van der Waals surface area contributed by atoms with Crippen LogP contribution in [0.2, 0.25) is 19.6 Å². The molecule has 0 heterocycles. The van der Waals surface area contributed by atoms with Crippen LogP contribution in [0.1, 0.15) is 45.4 Å². The van der Waals surface area contributed by atoms with Crippen molar-refractivity contribution < 1.29 is 9.53 Å². The summed E-state index contributed by atoms with van der Waals surface area (Å²) in [5.41, 5.74) is 3.36. The van der Waals surface area contributed by atoms with Crippen molar-refractivity contribution in [3.63, 3.8) is 0 Å². The van der Waals surface area contributed by atoms with Gasteiger partial charge in [-0.25, -0.2) is 0 Å². The van der Waals surface area contributed by atoms with Crippen LogP contribution < -0.4 is 0 Å². The molecule has 0 saturated carbocycles. The number of hydrogen-bond donors (Lipinski definition) is 0. The Morgan fingerprint density at radius 1 is 1.00 bits per heavy atom. The molecular weight excluding hydrogens is 252 g/mol. The van der Waals surface area contributed by atoms with Crippen LogP contribution in [-0.4, -0.2) is 20.7 Å². The number of hydrogen-bond acceptors (Lipinski definition) is 2. The molecular formula is C16H26O2Si. The molecule has 0 N–H and O–H groups in total. The van der Waals surface area contributed by atoms with E-state index >= 15 is 0 Å². The largest absolute Gasteiger partial charge is 0.465 e. The summed E-state index contributed by atoms with van der Waals surface area (Å²) in [6, 6.07) is 0. The van der Waals surface area contributed by atoms with Crippen LogP contribution in [0, 0.1) is 23.3 Å².